The molecule has 4 fully saturated rings. The van der Waals surface area contributed by atoms with Gasteiger partial charge in [0.05, 0.1) is 0 Å². The monoisotopic (exact) mass is 376 g/mol. The lowest BCUT2D eigenvalue weighted by atomic mass is 9.44. The van der Waals surface area contributed by atoms with Gasteiger partial charge in [-0.2, -0.15) is 0 Å². The molecule has 4 aliphatic carbocycles. The Kier molecular flexibility index (Phi) is 4.49. The second-order valence-electron chi connectivity index (χ2n) is 11.8. The summed E-state index contributed by atoms with van der Waals surface area (Å²) in [6.07, 6.45) is 17.0. The van der Waals surface area contributed by atoms with Gasteiger partial charge in [-0.15, -0.1) is 0 Å². The predicted molar refractivity (Wildman–Crippen MR) is 118 cm³/mol. The highest BCUT2D eigenvalue weighted by molar-refractivity contribution is 5.09. The Bertz CT molecular complexity index is 640. The molecule has 0 aliphatic heterocycles. The van der Waals surface area contributed by atoms with E-state index in [9.17, 15) is 0 Å². The maximum Gasteiger partial charge on any atom is 0.0297 e. The molecule has 0 amide bonds. The molecule has 0 saturated heterocycles. The minimum atomic E-state index is -2.17. The van der Waals surface area contributed by atoms with E-state index in [-0.39, 0.29) is 0 Å². The Morgan fingerprint density at radius 2 is 1.70 bits per heavy atom. The quantitative estimate of drug-likeness (QED) is 0.451. The van der Waals surface area contributed by atoms with Crippen molar-refractivity contribution in [2.24, 2.45) is 52.2 Å². The molecule has 4 aliphatic rings. The minimum absolute atomic E-state index is 0.491. The Labute approximate surface area is 176 Å². The number of hydrogen-bond acceptors (Lipinski definition) is 0. The summed E-state index contributed by atoms with van der Waals surface area (Å²) < 4.78 is 31.2. The van der Waals surface area contributed by atoms with E-state index in [4.69, 9.17) is 5.48 Å². The van der Waals surface area contributed by atoms with E-state index in [0.29, 0.717) is 23.2 Å². The van der Waals surface area contributed by atoms with Gasteiger partial charge in [0.1, 0.15) is 0 Å². The average molecular weight is 377 g/mol. The van der Waals surface area contributed by atoms with Crippen molar-refractivity contribution in [3.63, 3.8) is 0 Å². The van der Waals surface area contributed by atoms with Gasteiger partial charge in [0.2, 0.25) is 0 Å². The molecular weight excluding hydrogens is 324 g/mol. The van der Waals surface area contributed by atoms with Gasteiger partial charge in [0.15, 0.2) is 0 Å². The fourth-order valence-electron chi connectivity index (χ4n) is 9.16. The maximum atomic E-state index is 8.25. The van der Waals surface area contributed by atoms with Crippen LogP contribution in [0.15, 0.2) is 0 Å². The second kappa shape index (κ2) is 7.68. The van der Waals surface area contributed by atoms with Gasteiger partial charge in [-0.25, -0.2) is 0 Å². The molecule has 4 saturated carbocycles. The van der Waals surface area contributed by atoms with Gasteiger partial charge >= 0.3 is 0 Å². The third kappa shape index (κ3) is 3.44. The van der Waals surface area contributed by atoms with Crippen LogP contribution in [-0.2, 0) is 0 Å². The fourth-order valence-corrected chi connectivity index (χ4v) is 9.16. The molecular formula is C27H48. The Hall–Kier alpha value is 0. The van der Waals surface area contributed by atoms with E-state index >= 15 is 0 Å². The average Bonchev–Trinajstić information content (AvgIpc) is 3.03. The second-order valence-corrected chi connectivity index (χ2v) is 11.8. The summed E-state index contributed by atoms with van der Waals surface area (Å²) in [6.45, 7) is 7.16. The van der Waals surface area contributed by atoms with Crippen molar-refractivity contribution >= 4 is 0 Å². The van der Waals surface area contributed by atoms with Crippen LogP contribution in [0.3, 0.4) is 0 Å². The highest BCUT2D eigenvalue weighted by Crippen LogP contribution is 2.68. The normalized spacial score (nSPS) is 52.8. The number of hydrogen-bond donors (Lipinski definition) is 0. The van der Waals surface area contributed by atoms with E-state index in [1.807, 2.05) is 0 Å². The van der Waals surface area contributed by atoms with Crippen molar-refractivity contribution in [3.8, 4) is 0 Å². The van der Waals surface area contributed by atoms with Gasteiger partial charge in [-0.05, 0) is 104 Å². The standard InChI is InChI=1S/C27H48/c1-19(2)9-8-10-20(3)23-14-15-24-22-13-12-21-11-6-7-17-26(21,4)25(22)16-18-27(23,24)5/h19-25H,6-18H2,1-5H3/t20-,21?,22+,23-,24+,25+,26+,27-/m1/s1/i1D3,19D/t19?,20-,21?,22+,23-,24+,25+,26+,27-. The Morgan fingerprint density at radius 1 is 0.889 bits per heavy atom. The van der Waals surface area contributed by atoms with Gasteiger partial charge in [0.25, 0.3) is 0 Å². The van der Waals surface area contributed by atoms with Crippen LogP contribution in [0.1, 0.15) is 124 Å². The van der Waals surface area contributed by atoms with Gasteiger partial charge in [-0.1, -0.05) is 66.7 Å². The molecule has 0 heteroatoms. The zero-order valence-electron chi connectivity index (χ0n) is 22.7. The van der Waals surface area contributed by atoms with Crippen LogP contribution in [0.2, 0.25) is 0 Å². The third-order valence-corrected chi connectivity index (χ3v) is 10.6. The zero-order valence-corrected chi connectivity index (χ0v) is 18.7. The van der Waals surface area contributed by atoms with Gasteiger partial charge in [-0.3, -0.25) is 0 Å². The molecule has 0 bridgehead atoms. The van der Waals surface area contributed by atoms with E-state index in [2.05, 4.69) is 20.8 Å². The van der Waals surface area contributed by atoms with Crippen LogP contribution in [0.4, 0.5) is 0 Å². The lowest BCUT2D eigenvalue weighted by molar-refractivity contribution is -0.114. The van der Waals surface area contributed by atoms with E-state index in [1.165, 1.54) is 64.2 Å². The van der Waals surface area contributed by atoms with Crippen molar-refractivity contribution in [1.82, 2.24) is 0 Å². The summed E-state index contributed by atoms with van der Waals surface area (Å²) >= 11 is 0. The molecule has 9 atom stereocenters. The summed E-state index contributed by atoms with van der Waals surface area (Å²) in [5, 5.41) is 0. The summed E-state index contributed by atoms with van der Waals surface area (Å²) in [6, 6.07) is 0. The highest BCUT2D eigenvalue weighted by Gasteiger charge is 2.59. The first-order valence-electron chi connectivity index (χ1n) is 14.4. The fraction of sp³-hybridized carbons (Fsp3) is 1.00. The Balaban J connectivity index is 1.40. The molecule has 4 rings (SSSR count). The van der Waals surface area contributed by atoms with Crippen LogP contribution in [0.25, 0.3) is 0 Å². The summed E-state index contributed by atoms with van der Waals surface area (Å²) in [7, 11) is 0. The van der Waals surface area contributed by atoms with E-state index in [0.717, 1.165) is 42.4 Å². The number of rotatable bonds is 5. The van der Waals surface area contributed by atoms with E-state index < -0.39 is 12.7 Å². The molecule has 27 heavy (non-hydrogen) atoms. The third-order valence-electron chi connectivity index (χ3n) is 10.6. The first-order chi connectivity index (χ1) is 14.4. The molecule has 0 N–H and O–H groups in total. The van der Waals surface area contributed by atoms with Crippen LogP contribution in [0, 0.1) is 52.2 Å². The topological polar surface area (TPSA) is 0 Å². The van der Waals surface area contributed by atoms with Gasteiger partial charge in [0, 0.05) is 5.48 Å². The number of fused-ring (bicyclic) bond motifs is 5. The largest absolute Gasteiger partial charge is 0.0628 e. The van der Waals surface area contributed by atoms with Gasteiger partial charge < -0.3 is 0 Å². The first kappa shape index (κ1) is 15.8. The van der Waals surface area contributed by atoms with Crippen molar-refractivity contribution in [1.29, 1.82) is 0 Å². The lowest BCUT2D eigenvalue weighted by Crippen LogP contribution is -2.53. The summed E-state index contributed by atoms with van der Waals surface area (Å²) in [5.74, 6) is 3.99. The first-order valence-corrected chi connectivity index (χ1v) is 12.4. The molecule has 0 nitrogen and oxygen atoms in total. The predicted octanol–water partition coefficient (Wildman–Crippen LogP) is 8.50. The van der Waals surface area contributed by atoms with Crippen LogP contribution < -0.4 is 0 Å². The summed E-state index contributed by atoms with van der Waals surface area (Å²) in [4.78, 5) is 0. The van der Waals surface area contributed by atoms with Crippen molar-refractivity contribution in [3.05, 3.63) is 0 Å². The highest BCUT2D eigenvalue weighted by atomic mass is 14.6. The molecule has 0 spiro atoms. The van der Waals surface area contributed by atoms with E-state index in [1.54, 1.807) is 6.92 Å². The molecule has 0 aromatic rings. The zero-order chi connectivity index (χ0) is 22.7. The Morgan fingerprint density at radius 3 is 2.52 bits per heavy atom. The van der Waals surface area contributed by atoms with Crippen molar-refractivity contribution in [2.75, 3.05) is 0 Å². The van der Waals surface area contributed by atoms with Crippen molar-refractivity contribution in [2.45, 2.75) is 118 Å². The smallest absolute Gasteiger partial charge is 0.0297 e. The molecule has 156 valence electrons. The van der Waals surface area contributed by atoms with Crippen LogP contribution in [0.5, 0.6) is 0 Å². The lowest BCUT2D eigenvalue weighted by Gasteiger charge is -2.61. The van der Waals surface area contributed by atoms with Crippen LogP contribution in [-0.4, -0.2) is 0 Å². The molecule has 0 aromatic heterocycles. The SMILES string of the molecule is [2H]C([2H])([2H])C([2H])(C)CCC[C@@H](C)[C@H]1CC[C@H]2[C@@H]3CCC4CCCC[C@]4(C)[C@H]3CC[C@]12C. The van der Waals surface area contributed by atoms with Crippen LogP contribution >= 0.6 is 0 Å². The molecule has 2 unspecified atom stereocenters. The van der Waals surface area contributed by atoms with Crippen molar-refractivity contribution < 1.29 is 5.48 Å². The molecule has 0 aromatic carbocycles. The maximum absolute atomic E-state index is 8.25. The molecule has 0 radical (unpaired) electrons. The minimum Gasteiger partial charge on any atom is -0.0628 e. The summed E-state index contributed by atoms with van der Waals surface area (Å²) in [5.41, 5.74) is 1.12. The molecule has 0 heterocycles.